The smallest absolute Gasteiger partial charge is 0.0491 e. The van der Waals surface area contributed by atoms with Gasteiger partial charge in [-0.3, -0.25) is 0 Å². The molecule has 100 valence electrons. The Kier molecular flexibility index (Phi) is 4.48. The summed E-state index contributed by atoms with van der Waals surface area (Å²) in [5.74, 6) is 0. The molecule has 2 nitrogen and oxygen atoms in total. The van der Waals surface area contributed by atoms with Crippen LogP contribution in [0, 0.1) is 6.92 Å². The third-order valence-electron chi connectivity index (χ3n) is 3.27. The molecule has 0 radical (unpaired) electrons. The van der Waals surface area contributed by atoms with E-state index < -0.39 is 0 Å². The molecule has 0 amide bonds. The van der Waals surface area contributed by atoms with Gasteiger partial charge < -0.3 is 11.1 Å². The number of nitrogens with two attached hydrogens (primary N) is 1. The Bertz CT molecular complexity index is 562. The number of hydrogen-bond donors (Lipinski definition) is 2. The van der Waals surface area contributed by atoms with Crippen molar-refractivity contribution < 1.29 is 0 Å². The largest absolute Gasteiger partial charge is 0.398 e. The first-order valence-corrected chi connectivity index (χ1v) is 7.26. The van der Waals surface area contributed by atoms with Crippen LogP contribution >= 0.6 is 15.9 Å². The summed E-state index contributed by atoms with van der Waals surface area (Å²) in [6, 6.07) is 12.7. The third-order valence-corrected chi connectivity index (χ3v) is 3.93. The van der Waals surface area contributed by atoms with Gasteiger partial charge in [-0.1, -0.05) is 31.2 Å². The highest BCUT2D eigenvalue weighted by Crippen LogP contribution is 2.28. The normalized spacial score (nSPS) is 10.5. The van der Waals surface area contributed by atoms with Crippen molar-refractivity contribution in [3.05, 3.63) is 57.6 Å². The number of anilines is 2. The van der Waals surface area contributed by atoms with E-state index in [1.54, 1.807) is 0 Å². The summed E-state index contributed by atoms with van der Waals surface area (Å²) in [6.45, 7) is 5.00. The molecule has 2 aromatic carbocycles. The lowest BCUT2D eigenvalue weighted by molar-refractivity contribution is 1.10. The number of halogens is 1. The van der Waals surface area contributed by atoms with E-state index >= 15 is 0 Å². The molecule has 0 fully saturated rings. The lowest BCUT2D eigenvalue weighted by atomic mass is 10.1. The lowest BCUT2D eigenvalue weighted by Gasteiger charge is -2.11. The molecule has 0 saturated carbocycles. The second kappa shape index (κ2) is 6.11. The van der Waals surface area contributed by atoms with Gasteiger partial charge in [0.2, 0.25) is 0 Å². The number of benzene rings is 2. The second-order valence-electron chi connectivity index (χ2n) is 4.71. The fraction of sp³-hybridized carbons (Fsp3) is 0.250. The number of hydrogen-bond acceptors (Lipinski definition) is 2. The first kappa shape index (κ1) is 13.9. The lowest BCUT2D eigenvalue weighted by Crippen LogP contribution is -2.01. The number of nitrogen functional groups attached to an aromatic ring is 1. The molecule has 0 aliphatic rings. The number of nitrogens with one attached hydrogen (secondary N) is 1. The van der Waals surface area contributed by atoms with Crippen molar-refractivity contribution in [2.45, 2.75) is 26.8 Å². The molecule has 0 bridgehead atoms. The maximum absolute atomic E-state index is 5.87. The first-order valence-electron chi connectivity index (χ1n) is 6.47. The van der Waals surface area contributed by atoms with E-state index in [9.17, 15) is 0 Å². The van der Waals surface area contributed by atoms with Gasteiger partial charge in [-0.2, -0.15) is 0 Å². The van der Waals surface area contributed by atoms with Gasteiger partial charge in [0.25, 0.3) is 0 Å². The fourth-order valence-electron chi connectivity index (χ4n) is 1.92. The van der Waals surface area contributed by atoms with E-state index in [2.05, 4.69) is 58.5 Å². The summed E-state index contributed by atoms with van der Waals surface area (Å²) < 4.78 is 1.00. The summed E-state index contributed by atoms with van der Waals surface area (Å²) in [7, 11) is 0. The van der Waals surface area contributed by atoms with E-state index in [-0.39, 0.29) is 0 Å². The van der Waals surface area contributed by atoms with E-state index in [4.69, 9.17) is 5.73 Å². The second-order valence-corrected chi connectivity index (χ2v) is 5.57. The van der Waals surface area contributed by atoms with E-state index in [0.29, 0.717) is 0 Å². The Labute approximate surface area is 123 Å². The minimum atomic E-state index is 0.810. The van der Waals surface area contributed by atoms with Crippen molar-refractivity contribution in [2.24, 2.45) is 0 Å². The summed E-state index contributed by atoms with van der Waals surface area (Å²) >= 11 is 3.54. The average molecular weight is 319 g/mol. The Morgan fingerprint density at radius 1 is 1.11 bits per heavy atom. The van der Waals surface area contributed by atoms with E-state index in [1.165, 1.54) is 11.1 Å². The summed E-state index contributed by atoms with van der Waals surface area (Å²) in [6.07, 6.45) is 1.08. The molecule has 0 saturated heterocycles. The first-order chi connectivity index (χ1) is 9.10. The van der Waals surface area contributed by atoms with Gasteiger partial charge in [0.15, 0.2) is 0 Å². The van der Waals surface area contributed by atoms with Crippen molar-refractivity contribution in [1.82, 2.24) is 0 Å². The van der Waals surface area contributed by atoms with E-state index in [0.717, 1.165) is 34.4 Å². The Hall–Kier alpha value is -1.48. The molecular formula is C16H19BrN2. The highest BCUT2D eigenvalue weighted by atomic mass is 79.9. The third kappa shape index (κ3) is 3.51. The summed E-state index contributed by atoms with van der Waals surface area (Å²) in [5.41, 5.74) is 11.5. The molecule has 0 spiro atoms. The van der Waals surface area contributed by atoms with Crippen molar-refractivity contribution >= 4 is 27.3 Å². The Morgan fingerprint density at radius 3 is 2.37 bits per heavy atom. The maximum atomic E-state index is 5.87. The van der Waals surface area contributed by atoms with Crippen molar-refractivity contribution in [3.63, 3.8) is 0 Å². The van der Waals surface area contributed by atoms with Gasteiger partial charge in [-0.25, -0.2) is 0 Å². The quantitative estimate of drug-likeness (QED) is 0.814. The Balaban J connectivity index is 2.07. The topological polar surface area (TPSA) is 38.0 Å². The van der Waals surface area contributed by atoms with Crippen LogP contribution in [0.25, 0.3) is 0 Å². The molecule has 0 aromatic heterocycles. The van der Waals surface area contributed by atoms with Gasteiger partial charge in [0.1, 0.15) is 0 Å². The van der Waals surface area contributed by atoms with Gasteiger partial charge in [-0.15, -0.1) is 0 Å². The van der Waals surface area contributed by atoms with Crippen LogP contribution in [0.3, 0.4) is 0 Å². The van der Waals surface area contributed by atoms with Gasteiger partial charge in [0, 0.05) is 22.4 Å². The van der Waals surface area contributed by atoms with Crippen LogP contribution in [0.5, 0.6) is 0 Å². The Morgan fingerprint density at radius 2 is 1.74 bits per heavy atom. The molecular weight excluding hydrogens is 300 g/mol. The minimum Gasteiger partial charge on any atom is -0.398 e. The highest BCUT2D eigenvalue weighted by molar-refractivity contribution is 9.10. The molecule has 0 aliphatic carbocycles. The molecule has 19 heavy (non-hydrogen) atoms. The molecule has 0 heterocycles. The number of rotatable bonds is 4. The van der Waals surface area contributed by atoms with Gasteiger partial charge in [-0.05, 0) is 58.1 Å². The van der Waals surface area contributed by atoms with Crippen LogP contribution < -0.4 is 11.1 Å². The predicted molar refractivity (Wildman–Crippen MR) is 86.4 cm³/mol. The standard InChI is InChI=1S/C16H19BrN2/c1-3-12-4-6-13(7-5-12)10-19-16-8-11(2)15(18)9-14(16)17/h4-9,19H,3,10,18H2,1-2H3. The molecule has 3 N–H and O–H groups in total. The maximum Gasteiger partial charge on any atom is 0.0491 e. The highest BCUT2D eigenvalue weighted by Gasteiger charge is 2.03. The van der Waals surface area contributed by atoms with Crippen LogP contribution in [-0.4, -0.2) is 0 Å². The molecule has 2 rings (SSSR count). The zero-order valence-corrected chi connectivity index (χ0v) is 12.9. The predicted octanol–water partition coefficient (Wildman–Crippen LogP) is 4.51. The van der Waals surface area contributed by atoms with Gasteiger partial charge >= 0.3 is 0 Å². The van der Waals surface area contributed by atoms with Crippen molar-refractivity contribution in [1.29, 1.82) is 0 Å². The molecule has 0 unspecified atom stereocenters. The van der Waals surface area contributed by atoms with Crippen LogP contribution in [0.15, 0.2) is 40.9 Å². The summed E-state index contributed by atoms with van der Waals surface area (Å²) in [5, 5.41) is 3.43. The number of aryl methyl sites for hydroxylation is 2. The van der Waals surface area contributed by atoms with Crippen molar-refractivity contribution in [2.75, 3.05) is 11.1 Å². The monoisotopic (exact) mass is 318 g/mol. The van der Waals surface area contributed by atoms with Crippen molar-refractivity contribution in [3.8, 4) is 0 Å². The molecule has 3 heteroatoms. The van der Waals surface area contributed by atoms with Crippen LogP contribution in [-0.2, 0) is 13.0 Å². The molecule has 0 aliphatic heterocycles. The molecule has 0 atom stereocenters. The van der Waals surface area contributed by atoms with Crippen LogP contribution in [0.2, 0.25) is 0 Å². The average Bonchev–Trinajstić information content (AvgIpc) is 2.42. The minimum absolute atomic E-state index is 0.810. The van der Waals surface area contributed by atoms with Crippen LogP contribution in [0.1, 0.15) is 23.6 Å². The zero-order valence-electron chi connectivity index (χ0n) is 11.3. The summed E-state index contributed by atoms with van der Waals surface area (Å²) in [4.78, 5) is 0. The molecule has 2 aromatic rings. The zero-order chi connectivity index (χ0) is 13.8. The van der Waals surface area contributed by atoms with E-state index in [1.807, 2.05) is 13.0 Å². The fourth-order valence-corrected chi connectivity index (χ4v) is 2.42. The van der Waals surface area contributed by atoms with Crippen LogP contribution in [0.4, 0.5) is 11.4 Å². The SMILES string of the molecule is CCc1ccc(CNc2cc(C)c(N)cc2Br)cc1. The van der Waals surface area contributed by atoms with Gasteiger partial charge in [0.05, 0.1) is 0 Å².